The van der Waals surface area contributed by atoms with Crippen LogP contribution >= 0.6 is 11.6 Å². The van der Waals surface area contributed by atoms with Gasteiger partial charge in [-0.3, -0.25) is 0 Å². The molecule has 0 saturated heterocycles. The monoisotopic (exact) mass is 293 g/mol. The lowest BCUT2D eigenvalue weighted by atomic mass is 10.1. The van der Waals surface area contributed by atoms with Crippen molar-refractivity contribution < 1.29 is 12.8 Å². The summed E-state index contributed by atoms with van der Waals surface area (Å²) in [6.07, 6.45) is 0.959. The number of halogens is 2. The van der Waals surface area contributed by atoms with Crippen molar-refractivity contribution >= 4 is 21.6 Å². The van der Waals surface area contributed by atoms with Gasteiger partial charge in [-0.05, 0) is 37.5 Å². The molecule has 0 heterocycles. The van der Waals surface area contributed by atoms with Crippen LogP contribution in [0.4, 0.5) is 4.39 Å². The Bertz CT molecular complexity index is 461. The fraction of sp³-hybridized carbons (Fsp3) is 0.500. The van der Waals surface area contributed by atoms with Crippen LogP contribution in [0, 0.1) is 5.82 Å². The van der Waals surface area contributed by atoms with Crippen LogP contribution in [-0.2, 0) is 16.4 Å². The third-order valence-corrected chi connectivity index (χ3v) is 4.24. The van der Waals surface area contributed by atoms with Crippen molar-refractivity contribution in [2.75, 3.05) is 11.6 Å². The average molecular weight is 294 g/mol. The van der Waals surface area contributed by atoms with Crippen LogP contribution in [0.25, 0.3) is 0 Å². The maximum Gasteiger partial charge on any atom is 0.211 e. The van der Waals surface area contributed by atoms with Crippen molar-refractivity contribution in [1.29, 1.82) is 0 Å². The number of benzene rings is 1. The number of sulfonamides is 1. The Kier molecular flexibility index (Phi) is 6.05. The molecule has 0 aromatic heterocycles. The summed E-state index contributed by atoms with van der Waals surface area (Å²) in [6, 6.07) is 5.81. The van der Waals surface area contributed by atoms with Crippen molar-refractivity contribution in [1.82, 2.24) is 4.72 Å². The Hall–Kier alpha value is -0.650. The minimum atomic E-state index is -3.28. The van der Waals surface area contributed by atoms with E-state index in [2.05, 4.69) is 4.72 Å². The SMILES string of the molecule is CC(Cc1ccc(F)cc1)NS(=O)(=O)CCCCl. The molecule has 1 aromatic carbocycles. The fourth-order valence-corrected chi connectivity index (χ4v) is 3.26. The molecule has 18 heavy (non-hydrogen) atoms. The molecule has 0 aliphatic carbocycles. The lowest BCUT2D eigenvalue weighted by Crippen LogP contribution is -2.35. The molecule has 1 aromatic rings. The first kappa shape index (κ1) is 15.4. The second kappa shape index (κ2) is 7.07. The highest BCUT2D eigenvalue weighted by atomic mass is 35.5. The molecule has 0 bridgehead atoms. The third kappa shape index (κ3) is 5.80. The van der Waals surface area contributed by atoms with Gasteiger partial charge in [0, 0.05) is 11.9 Å². The van der Waals surface area contributed by atoms with Crippen LogP contribution < -0.4 is 4.72 Å². The molecule has 0 saturated carbocycles. The van der Waals surface area contributed by atoms with Crippen LogP contribution in [0.5, 0.6) is 0 Å². The van der Waals surface area contributed by atoms with Gasteiger partial charge >= 0.3 is 0 Å². The normalized spacial score (nSPS) is 13.5. The molecule has 1 rings (SSSR count). The molecular formula is C12H17ClFNO2S. The van der Waals surface area contributed by atoms with Gasteiger partial charge in [0.25, 0.3) is 0 Å². The quantitative estimate of drug-likeness (QED) is 0.784. The summed E-state index contributed by atoms with van der Waals surface area (Å²) in [5.74, 6) is 0.0615. The van der Waals surface area contributed by atoms with Crippen molar-refractivity contribution in [3.05, 3.63) is 35.6 Å². The standard InChI is InChI=1S/C12H17ClFNO2S/c1-10(15-18(16,17)8-2-7-13)9-11-3-5-12(14)6-4-11/h3-6,10,15H,2,7-9H2,1H3. The van der Waals surface area contributed by atoms with Gasteiger partial charge in [-0.1, -0.05) is 12.1 Å². The van der Waals surface area contributed by atoms with E-state index in [1.54, 1.807) is 19.1 Å². The second-order valence-electron chi connectivity index (χ2n) is 4.21. The zero-order chi connectivity index (χ0) is 13.6. The minimum absolute atomic E-state index is 0.0320. The van der Waals surface area contributed by atoms with E-state index >= 15 is 0 Å². The minimum Gasteiger partial charge on any atom is -0.212 e. The largest absolute Gasteiger partial charge is 0.212 e. The van der Waals surface area contributed by atoms with E-state index in [0.29, 0.717) is 18.7 Å². The smallest absolute Gasteiger partial charge is 0.211 e. The van der Waals surface area contributed by atoms with Gasteiger partial charge in [-0.2, -0.15) is 0 Å². The molecule has 102 valence electrons. The Balaban J connectivity index is 2.51. The van der Waals surface area contributed by atoms with Gasteiger partial charge in [0.15, 0.2) is 0 Å². The highest BCUT2D eigenvalue weighted by Crippen LogP contribution is 2.06. The molecule has 6 heteroatoms. The van der Waals surface area contributed by atoms with E-state index in [1.807, 2.05) is 0 Å². The van der Waals surface area contributed by atoms with Crippen LogP contribution in [0.2, 0.25) is 0 Å². The zero-order valence-corrected chi connectivity index (χ0v) is 11.8. The molecule has 0 amide bonds. The Morgan fingerprint density at radius 1 is 1.33 bits per heavy atom. The first-order valence-electron chi connectivity index (χ1n) is 5.73. The van der Waals surface area contributed by atoms with Gasteiger partial charge in [0.1, 0.15) is 5.82 Å². The summed E-state index contributed by atoms with van der Waals surface area (Å²) in [5.41, 5.74) is 0.893. The summed E-state index contributed by atoms with van der Waals surface area (Å²) < 4.78 is 38.5. The topological polar surface area (TPSA) is 46.2 Å². The van der Waals surface area contributed by atoms with Crippen molar-refractivity contribution in [2.45, 2.75) is 25.8 Å². The summed E-state index contributed by atoms with van der Waals surface area (Å²) in [4.78, 5) is 0. The summed E-state index contributed by atoms with van der Waals surface area (Å²) >= 11 is 5.46. The van der Waals surface area contributed by atoms with E-state index in [9.17, 15) is 12.8 Å². The van der Waals surface area contributed by atoms with Gasteiger partial charge in [0.2, 0.25) is 10.0 Å². The lowest BCUT2D eigenvalue weighted by molar-refractivity contribution is 0.558. The van der Waals surface area contributed by atoms with Crippen LogP contribution in [0.1, 0.15) is 18.9 Å². The summed E-state index contributed by atoms with van der Waals surface area (Å²) in [5, 5.41) is 0. The Labute approximate surface area is 112 Å². The van der Waals surface area contributed by atoms with E-state index < -0.39 is 10.0 Å². The first-order valence-corrected chi connectivity index (χ1v) is 7.92. The predicted molar refractivity (Wildman–Crippen MR) is 71.8 cm³/mol. The third-order valence-electron chi connectivity index (χ3n) is 2.38. The van der Waals surface area contributed by atoms with Crippen molar-refractivity contribution in [2.24, 2.45) is 0 Å². The van der Waals surface area contributed by atoms with Gasteiger partial charge < -0.3 is 0 Å². The summed E-state index contributed by atoms with van der Waals surface area (Å²) in [7, 11) is -3.28. The van der Waals surface area contributed by atoms with E-state index in [4.69, 9.17) is 11.6 Å². The van der Waals surface area contributed by atoms with E-state index in [0.717, 1.165) is 5.56 Å². The zero-order valence-electron chi connectivity index (χ0n) is 10.2. The van der Waals surface area contributed by atoms with Crippen molar-refractivity contribution in [3.63, 3.8) is 0 Å². The van der Waals surface area contributed by atoms with Crippen LogP contribution in [0.15, 0.2) is 24.3 Å². The second-order valence-corrected chi connectivity index (χ2v) is 6.46. The number of hydrogen-bond acceptors (Lipinski definition) is 2. The van der Waals surface area contributed by atoms with E-state index in [-0.39, 0.29) is 17.6 Å². The van der Waals surface area contributed by atoms with Crippen LogP contribution in [0.3, 0.4) is 0 Å². The first-order chi connectivity index (χ1) is 8.43. The van der Waals surface area contributed by atoms with Gasteiger partial charge in [-0.15, -0.1) is 11.6 Å². The number of rotatable bonds is 7. The van der Waals surface area contributed by atoms with E-state index in [1.165, 1.54) is 12.1 Å². The molecule has 1 N–H and O–H groups in total. The van der Waals surface area contributed by atoms with Gasteiger partial charge in [-0.25, -0.2) is 17.5 Å². The van der Waals surface area contributed by atoms with Crippen LogP contribution in [-0.4, -0.2) is 26.1 Å². The molecular weight excluding hydrogens is 277 g/mol. The Morgan fingerprint density at radius 2 is 1.94 bits per heavy atom. The number of hydrogen-bond donors (Lipinski definition) is 1. The molecule has 0 aliphatic heterocycles. The van der Waals surface area contributed by atoms with Crippen molar-refractivity contribution in [3.8, 4) is 0 Å². The number of nitrogens with one attached hydrogen (secondary N) is 1. The summed E-state index contributed by atoms with van der Waals surface area (Å²) in [6.45, 7) is 1.78. The van der Waals surface area contributed by atoms with Gasteiger partial charge in [0.05, 0.1) is 5.75 Å². The molecule has 1 atom stereocenters. The molecule has 1 unspecified atom stereocenters. The molecule has 0 fully saturated rings. The maximum absolute atomic E-state index is 12.7. The molecule has 0 radical (unpaired) electrons. The predicted octanol–water partition coefficient (Wildman–Crippen LogP) is 2.31. The molecule has 0 spiro atoms. The fourth-order valence-electron chi connectivity index (χ4n) is 1.63. The molecule has 0 aliphatic rings. The highest BCUT2D eigenvalue weighted by molar-refractivity contribution is 7.89. The average Bonchev–Trinajstić information content (AvgIpc) is 2.29. The highest BCUT2D eigenvalue weighted by Gasteiger charge is 2.14. The number of alkyl halides is 1. The maximum atomic E-state index is 12.7. The Morgan fingerprint density at radius 3 is 2.50 bits per heavy atom. The lowest BCUT2D eigenvalue weighted by Gasteiger charge is -2.14. The molecule has 3 nitrogen and oxygen atoms in total.